The Hall–Kier alpha value is -1.28. The minimum Gasteiger partial charge on any atom is -0.461 e. The Morgan fingerprint density at radius 1 is 1.33 bits per heavy atom. The van der Waals surface area contributed by atoms with Gasteiger partial charge in [-0.1, -0.05) is 36.4 Å². The summed E-state index contributed by atoms with van der Waals surface area (Å²) in [6, 6.07) is 9.84. The van der Waals surface area contributed by atoms with E-state index in [0.717, 1.165) is 5.56 Å². The Labute approximate surface area is 94.5 Å². The predicted molar refractivity (Wildman–Crippen MR) is 61.8 cm³/mol. The molecule has 0 aliphatic heterocycles. The van der Waals surface area contributed by atoms with Crippen LogP contribution in [-0.2, 0) is 9.53 Å². The lowest BCUT2D eigenvalue weighted by Crippen LogP contribution is -2.04. The normalized spacial score (nSPS) is 10.5. The van der Waals surface area contributed by atoms with Gasteiger partial charge in [0.2, 0.25) is 0 Å². The second-order valence-electron chi connectivity index (χ2n) is 2.94. The van der Waals surface area contributed by atoms with Gasteiger partial charge in [0, 0.05) is 5.88 Å². The number of esters is 1. The molecule has 0 aliphatic carbocycles. The van der Waals surface area contributed by atoms with Gasteiger partial charge in [-0.05, 0) is 11.6 Å². The van der Waals surface area contributed by atoms with Crippen molar-refractivity contribution in [1.82, 2.24) is 0 Å². The summed E-state index contributed by atoms with van der Waals surface area (Å²) in [6.45, 7) is 0.296. The molecule has 1 aromatic carbocycles. The first-order chi connectivity index (χ1) is 7.33. The van der Waals surface area contributed by atoms with Gasteiger partial charge in [-0.25, -0.2) is 0 Å². The van der Waals surface area contributed by atoms with E-state index >= 15 is 0 Å². The summed E-state index contributed by atoms with van der Waals surface area (Å²) in [5.74, 6) is 0.0454. The highest BCUT2D eigenvalue weighted by molar-refractivity contribution is 6.18. The van der Waals surface area contributed by atoms with E-state index in [9.17, 15) is 4.79 Å². The molecule has 0 heterocycles. The minimum absolute atomic E-state index is 0.261. The first kappa shape index (κ1) is 11.8. The molecular weight excluding hydrogens is 212 g/mol. The van der Waals surface area contributed by atoms with Crippen LogP contribution in [0, 0.1) is 0 Å². The van der Waals surface area contributed by atoms with Gasteiger partial charge in [0.15, 0.2) is 0 Å². The van der Waals surface area contributed by atoms with Gasteiger partial charge in [-0.15, -0.1) is 11.6 Å². The molecule has 1 aromatic rings. The number of alkyl halides is 1. The highest BCUT2D eigenvalue weighted by atomic mass is 35.5. The number of benzene rings is 1. The maximum absolute atomic E-state index is 10.9. The molecule has 1 rings (SSSR count). The van der Waals surface area contributed by atoms with Crippen LogP contribution in [0.25, 0.3) is 6.08 Å². The second kappa shape index (κ2) is 7.07. The maximum Gasteiger partial charge on any atom is 0.307 e. The van der Waals surface area contributed by atoms with Crippen molar-refractivity contribution in [2.75, 3.05) is 12.5 Å². The molecule has 0 bridgehead atoms. The SMILES string of the molecule is O=C(CCCl)OC/C=C/c1ccccc1. The summed E-state index contributed by atoms with van der Waals surface area (Å²) < 4.78 is 4.89. The summed E-state index contributed by atoms with van der Waals surface area (Å²) in [6.07, 6.45) is 3.98. The average Bonchev–Trinajstić information content (AvgIpc) is 2.26. The van der Waals surface area contributed by atoms with Crippen molar-refractivity contribution in [3.63, 3.8) is 0 Å². The largest absolute Gasteiger partial charge is 0.461 e. The molecule has 15 heavy (non-hydrogen) atoms. The molecule has 0 saturated carbocycles. The van der Waals surface area contributed by atoms with Crippen LogP contribution in [0.3, 0.4) is 0 Å². The lowest BCUT2D eigenvalue weighted by atomic mass is 10.2. The monoisotopic (exact) mass is 224 g/mol. The van der Waals surface area contributed by atoms with Crippen molar-refractivity contribution in [3.05, 3.63) is 42.0 Å². The van der Waals surface area contributed by atoms with Gasteiger partial charge in [0.05, 0.1) is 6.42 Å². The molecule has 0 fully saturated rings. The number of hydrogen-bond acceptors (Lipinski definition) is 2. The van der Waals surface area contributed by atoms with E-state index in [0.29, 0.717) is 12.5 Å². The average molecular weight is 225 g/mol. The number of ether oxygens (including phenoxy) is 1. The molecule has 3 heteroatoms. The fourth-order valence-corrected chi connectivity index (χ4v) is 1.19. The van der Waals surface area contributed by atoms with Gasteiger partial charge in [0.25, 0.3) is 0 Å². The van der Waals surface area contributed by atoms with Crippen LogP contribution in [0.4, 0.5) is 0 Å². The van der Waals surface area contributed by atoms with E-state index in [4.69, 9.17) is 16.3 Å². The number of halogens is 1. The smallest absolute Gasteiger partial charge is 0.307 e. The van der Waals surface area contributed by atoms with Gasteiger partial charge < -0.3 is 4.74 Å². The summed E-state index contributed by atoms with van der Waals surface area (Å²) in [7, 11) is 0. The van der Waals surface area contributed by atoms with Gasteiger partial charge >= 0.3 is 5.97 Å². The molecule has 0 unspecified atom stereocenters. The fourth-order valence-electron chi connectivity index (χ4n) is 1.04. The molecule has 0 radical (unpaired) electrons. The number of rotatable bonds is 5. The molecular formula is C12H13ClO2. The highest BCUT2D eigenvalue weighted by Crippen LogP contribution is 2.00. The van der Waals surface area contributed by atoms with Gasteiger partial charge in [-0.2, -0.15) is 0 Å². The van der Waals surface area contributed by atoms with E-state index in [-0.39, 0.29) is 12.4 Å². The van der Waals surface area contributed by atoms with Crippen LogP contribution in [0.5, 0.6) is 0 Å². The Balaban J connectivity index is 2.26. The summed E-state index contributed by atoms with van der Waals surface area (Å²) >= 11 is 5.39. The zero-order valence-electron chi connectivity index (χ0n) is 8.36. The first-order valence-corrected chi connectivity index (χ1v) is 5.29. The standard InChI is InChI=1S/C12H13ClO2/c13-9-8-12(14)15-10-4-7-11-5-2-1-3-6-11/h1-7H,8-10H2/b7-4+. The Morgan fingerprint density at radius 3 is 2.73 bits per heavy atom. The second-order valence-corrected chi connectivity index (χ2v) is 3.31. The fraction of sp³-hybridized carbons (Fsp3) is 0.250. The molecule has 0 saturated heterocycles. The molecule has 80 valence electrons. The third-order valence-electron chi connectivity index (χ3n) is 1.75. The minimum atomic E-state index is -0.261. The Kier molecular flexibility index (Phi) is 5.56. The van der Waals surface area contributed by atoms with E-state index in [1.165, 1.54) is 0 Å². The van der Waals surface area contributed by atoms with Crippen LogP contribution >= 0.6 is 11.6 Å². The molecule has 0 spiro atoms. The van der Waals surface area contributed by atoms with E-state index in [1.54, 1.807) is 0 Å². The number of carbonyl (C=O) groups is 1. The van der Waals surface area contributed by atoms with Crippen LogP contribution in [-0.4, -0.2) is 18.5 Å². The molecule has 0 amide bonds. The molecule has 0 aromatic heterocycles. The number of carbonyl (C=O) groups excluding carboxylic acids is 1. The quantitative estimate of drug-likeness (QED) is 0.568. The summed E-state index contributed by atoms with van der Waals surface area (Å²) in [4.78, 5) is 10.9. The number of hydrogen-bond donors (Lipinski definition) is 0. The van der Waals surface area contributed by atoms with Crippen LogP contribution in [0.15, 0.2) is 36.4 Å². The highest BCUT2D eigenvalue weighted by Gasteiger charge is 1.97. The Morgan fingerprint density at radius 2 is 2.07 bits per heavy atom. The van der Waals surface area contributed by atoms with Crippen molar-refractivity contribution < 1.29 is 9.53 Å². The third-order valence-corrected chi connectivity index (χ3v) is 1.94. The van der Waals surface area contributed by atoms with Gasteiger partial charge in [-0.3, -0.25) is 4.79 Å². The van der Waals surface area contributed by atoms with Crippen molar-refractivity contribution in [2.24, 2.45) is 0 Å². The van der Waals surface area contributed by atoms with E-state index < -0.39 is 0 Å². The lowest BCUT2D eigenvalue weighted by Gasteiger charge is -1.98. The van der Waals surface area contributed by atoms with Crippen molar-refractivity contribution in [2.45, 2.75) is 6.42 Å². The first-order valence-electron chi connectivity index (χ1n) is 4.76. The van der Waals surface area contributed by atoms with Crippen LogP contribution < -0.4 is 0 Å². The molecule has 0 atom stereocenters. The lowest BCUT2D eigenvalue weighted by molar-refractivity contribution is -0.141. The topological polar surface area (TPSA) is 26.3 Å². The third kappa shape index (κ3) is 5.23. The zero-order chi connectivity index (χ0) is 10.9. The van der Waals surface area contributed by atoms with Crippen LogP contribution in [0.2, 0.25) is 0 Å². The Bertz CT molecular complexity index is 320. The van der Waals surface area contributed by atoms with Crippen molar-refractivity contribution in [3.8, 4) is 0 Å². The van der Waals surface area contributed by atoms with E-state index in [2.05, 4.69) is 0 Å². The molecule has 0 aliphatic rings. The molecule has 0 N–H and O–H groups in total. The molecule has 2 nitrogen and oxygen atoms in total. The summed E-state index contributed by atoms with van der Waals surface area (Å²) in [5.41, 5.74) is 1.09. The van der Waals surface area contributed by atoms with Gasteiger partial charge in [0.1, 0.15) is 6.61 Å². The summed E-state index contributed by atoms with van der Waals surface area (Å²) in [5, 5.41) is 0. The van der Waals surface area contributed by atoms with E-state index in [1.807, 2.05) is 42.5 Å². The predicted octanol–water partition coefficient (Wildman–Crippen LogP) is 2.87. The zero-order valence-corrected chi connectivity index (χ0v) is 9.11. The van der Waals surface area contributed by atoms with Crippen molar-refractivity contribution in [1.29, 1.82) is 0 Å². The van der Waals surface area contributed by atoms with Crippen molar-refractivity contribution >= 4 is 23.6 Å². The van der Waals surface area contributed by atoms with Crippen LogP contribution in [0.1, 0.15) is 12.0 Å². The maximum atomic E-state index is 10.9.